The van der Waals surface area contributed by atoms with Gasteiger partial charge in [-0.2, -0.15) is 0 Å². The highest BCUT2D eigenvalue weighted by molar-refractivity contribution is 7.99. The molecule has 0 atom stereocenters. The van der Waals surface area contributed by atoms with Crippen molar-refractivity contribution in [3.63, 3.8) is 0 Å². The minimum Gasteiger partial charge on any atom is -0.325 e. The van der Waals surface area contributed by atoms with Crippen LogP contribution in [0.1, 0.15) is 13.8 Å². The largest absolute Gasteiger partial charge is 0.325 e. The zero-order valence-electron chi connectivity index (χ0n) is 15.7. The maximum Gasteiger partial charge on any atom is 0.262 e. The lowest BCUT2D eigenvalue weighted by Crippen LogP contribution is -2.26. The predicted molar refractivity (Wildman–Crippen MR) is 117 cm³/mol. The molecule has 0 unspecified atom stereocenters. The van der Waals surface area contributed by atoms with Crippen LogP contribution in [0.15, 0.2) is 46.3 Å². The van der Waals surface area contributed by atoms with Crippen molar-refractivity contribution in [3.05, 3.63) is 62.6 Å². The van der Waals surface area contributed by atoms with Gasteiger partial charge in [0.2, 0.25) is 5.91 Å². The Morgan fingerprint density at radius 3 is 2.69 bits per heavy atom. The topological polar surface area (TPSA) is 64.0 Å². The van der Waals surface area contributed by atoms with Gasteiger partial charge >= 0.3 is 0 Å². The molecule has 29 heavy (non-hydrogen) atoms. The van der Waals surface area contributed by atoms with Gasteiger partial charge in [-0.05, 0) is 42.3 Å². The SMILES string of the molecule is CC(C)Cn1c(SCC(=O)Nc2ccc(F)c(Cl)c2)nc2cc(Cl)ccc2c1=O. The Morgan fingerprint density at radius 2 is 2.00 bits per heavy atom. The summed E-state index contributed by atoms with van der Waals surface area (Å²) >= 11 is 12.9. The summed E-state index contributed by atoms with van der Waals surface area (Å²) in [5.74, 6) is -0.648. The van der Waals surface area contributed by atoms with Crippen LogP contribution < -0.4 is 10.9 Å². The molecule has 2 aromatic carbocycles. The molecule has 1 aromatic heterocycles. The molecule has 0 bridgehead atoms. The number of thioether (sulfide) groups is 1. The van der Waals surface area contributed by atoms with Crippen LogP contribution in [-0.4, -0.2) is 21.2 Å². The van der Waals surface area contributed by atoms with Crippen molar-refractivity contribution in [1.82, 2.24) is 9.55 Å². The van der Waals surface area contributed by atoms with Crippen molar-refractivity contribution in [2.75, 3.05) is 11.1 Å². The van der Waals surface area contributed by atoms with Crippen LogP contribution in [0.4, 0.5) is 10.1 Å². The summed E-state index contributed by atoms with van der Waals surface area (Å²) < 4.78 is 14.8. The summed E-state index contributed by atoms with van der Waals surface area (Å²) in [5.41, 5.74) is 0.698. The highest BCUT2D eigenvalue weighted by atomic mass is 35.5. The molecule has 0 spiro atoms. The molecule has 0 aliphatic heterocycles. The molecule has 152 valence electrons. The highest BCUT2D eigenvalue weighted by Crippen LogP contribution is 2.23. The van der Waals surface area contributed by atoms with Crippen molar-refractivity contribution in [2.24, 2.45) is 5.92 Å². The molecule has 0 saturated carbocycles. The molecule has 1 amide bonds. The van der Waals surface area contributed by atoms with Crippen LogP contribution in [0.3, 0.4) is 0 Å². The summed E-state index contributed by atoms with van der Waals surface area (Å²) in [6.45, 7) is 4.47. The summed E-state index contributed by atoms with van der Waals surface area (Å²) in [6, 6.07) is 8.88. The Bertz CT molecular complexity index is 1130. The summed E-state index contributed by atoms with van der Waals surface area (Å²) in [5, 5.41) is 3.97. The summed E-state index contributed by atoms with van der Waals surface area (Å²) in [4.78, 5) is 29.8. The number of rotatable bonds is 6. The van der Waals surface area contributed by atoms with Gasteiger partial charge in [0.1, 0.15) is 5.82 Å². The summed E-state index contributed by atoms with van der Waals surface area (Å²) in [6.07, 6.45) is 0. The van der Waals surface area contributed by atoms with Crippen LogP contribution in [0.25, 0.3) is 10.9 Å². The van der Waals surface area contributed by atoms with Gasteiger partial charge in [0.05, 0.1) is 21.7 Å². The number of hydrogen-bond acceptors (Lipinski definition) is 4. The Hall–Kier alpha value is -2.09. The van der Waals surface area contributed by atoms with Crippen molar-refractivity contribution in [2.45, 2.75) is 25.5 Å². The van der Waals surface area contributed by atoms with E-state index in [0.29, 0.717) is 33.3 Å². The molecule has 9 heteroatoms. The zero-order chi connectivity index (χ0) is 21.1. The molecular weight excluding hydrogens is 436 g/mol. The first-order valence-electron chi connectivity index (χ1n) is 8.82. The monoisotopic (exact) mass is 453 g/mol. The molecule has 0 aliphatic rings. The molecule has 0 saturated heterocycles. The van der Waals surface area contributed by atoms with Gasteiger partial charge in [-0.3, -0.25) is 14.2 Å². The molecule has 5 nitrogen and oxygen atoms in total. The quantitative estimate of drug-likeness (QED) is 0.409. The Labute approximate surface area is 181 Å². The maximum atomic E-state index is 13.2. The Morgan fingerprint density at radius 1 is 1.24 bits per heavy atom. The maximum absolute atomic E-state index is 13.2. The smallest absolute Gasteiger partial charge is 0.262 e. The zero-order valence-corrected chi connectivity index (χ0v) is 18.0. The number of aromatic nitrogens is 2. The standard InChI is InChI=1S/C20H18Cl2FN3O2S/c1-11(2)9-26-19(28)14-5-3-12(21)7-17(14)25-20(26)29-10-18(27)24-13-4-6-16(23)15(22)8-13/h3-8,11H,9-10H2,1-2H3,(H,24,27). The Kier molecular flexibility index (Phi) is 6.82. The van der Waals surface area contributed by atoms with Gasteiger partial charge in [0, 0.05) is 17.3 Å². The van der Waals surface area contributed by atoms with Crippen molar-refractivity contribution >= 4 is 57.5 Å². The van der Waals surface area contributed by atoms with Crippen LogP contribution >= 0.6 is 35.0 Å². The number of benzene rings is 2. The number of nitrogens with zero attached hydrogens (tertiary/aromatic N) is 2. The van der Waals surface area contributed by atoms with Crippen molar-refractivity contribution in [1.29, 1.82) is 0 Å². The number of nitrogens with one attached hydrogen (secondary N) is 1. The van der Waals surface area contributed by atoms with E-state index in [0.717, 1.165) is 11.8 Å². The van der Waals surface area contributed by atoms with Gasteiger partial charge in [-0.15, -0.1) is 0 Å². The number of carbonyl (C=O) groups excluding carboxylic acids is 1. The van der Waals surface area contributed by atoms with Gasteiger partial charge < -0.3 is 5.32 Å². The fraction of sp³-hybridized carbons (Fsp3) is 0.250. The first-order chi connectivity index (χ1) is 13.7. The lowest BCUT2D eigenvalue weighted by Gasteiger charge is -2.15. The van der Waals surface area contributed by atoms with Gasteiger partial charge in [-0.25, -0.2) is 9.37 Å². The molecule has 0 fully saturated rings. The molecule has 0 radical (unpaired) electrons. The number of halogens is 3. The average Bonchev–Trinajstić information content (AvgIpc) is 2.65. The van der Waals surface area contributed by atoms with E-state index < -0.39 is 5.82 Å². The van der Waals surface area contributed by atoms with E-state index in [2.05, 4.69) is 10.3 Å². The second-order valence-corrected chi connectivity index (χ2v) is 8.62. The number of anilines is 1. The number of hydrogen-bond donors (Lipinski definition) is 1. The van der Waals surface area contributed by atoms with Crippen LogP contribution in [0, 0.1) is 11.7 Å². The minimum absolute atomic E-state index is 0.0194. The number of fused-ring (bicyclic) bond motifs is 1. The third-order valence-corrected chi connectivity index (χ3v) is 5.47. The molecule has 3 aromatic rings. The highest BCUT2D eigenvalue weighted by Gasteiger charge is 2.15. The number of amides is 1. The van der Waals surface area contributed by atoms with Crippen LogP contribution in [0.2, 0.25) is 10.0 Å². The third kappa shape index (κ3) is 5.29. The summed E-state index contributed by atoms with van der Waals surface area (Å²) in [7, 11) is 0. The minimum atomic E-state index is -0.559. The lowest BCUT2D eigenvalue weighted by molar-refractivity contribution is -0.113. The van der Waals surface area contributed by atoms with E-state index in [-0.39, 0.29) is 28.2 Å². The van der Waals surface area contributed by atoms with E-state index in [1.165, 1.54) is 18.2 Å². The molecule has 0 aliphatic carbocycles. The van der Waals surface area contributed by atoms with Crippen LogP contribution in [-0.2, 0) is 11.3 Å². The van der Waals surface area contributed by atoms with Crippen LogP contribution in [0.5, 0.6) is 0 Å². The van der Waals surface area contributed by atoms with E-state index in [9.17, 15) is 14.0 Å². The van der Waals surface area contributed by atoms with E-state index in [4.69, 9.17) is 23.2 Å². The van der Waals surface area contributed by atoms with Crippen molar-refractivity contribution in [3.8, 4) is 0 Å². The molecule has 1 N–H and O–H groups in total. The van der Waals surface area contributed by atoms with Crippen molar-refractivity contribution < 1.29 is 9.18 Å². The first kappa shape index (κ1) is 21.6. The van der Waals surface area contributed by atoms with E-state index in [1.807, 2.05) is 13.8 Å². The second-order valence-electron chi connectivity index (χ2n) is 6.83. The lowest BCUT2D eigenvalue weighted by atomic mass is 10.2. The normalized spacial score (nSPS) is 11.2. The second kappa shape index (κ2) is 9.15. The fourth-order valence-electron chi connectivity index (χ4n) is 2.71. The third-order valence-electron chi connectivity index (χ3n) is 3.97. The van der Waals surface area contributed by atoms with E-state index in [1.54, 1.807) is 22.8 Å². The van der Waals surface area contributed by atoms with Gasteiger partial charge in [0.15, 0.2) is 5.16 Å². The van der Waals surface area contributed by atoms with Gasteiger partial charge in [-0.1, -0.05) is 48.8 Å². The fourth-order valence-corrected chi connectivity index (χ4v) is 3.87. The molecular formula is C20H18Cl2FN3O2S. The Balaban J connectivity index is 1.84. The van der Waals surface area contributed by atoms with Gasteiger partial charge in [0.25, 0.3) is 5.56 Å². The average molecular weight is 454 g/mol. The number of carbonyl (C=O) groups is 1. The molecule has 1 heterocycles. The first-order valence-corrected chi connectivity index (χ1v) is 10.6. The predicted octanol–water partition coefficient (Wildman–Crippen LogP) is 5.23. The van der Waals surface area contributed by atoms with E-state index >= 15 is 0 Å². The molecule has 3 rings (SSSR count).